The summed E-state index contributed by atoms with van der Waals surface area (Å²) in [6.45, 7) is 0. The molecule has 4 N–H and O–H groups in total. The molecule has 17 heavy (non-hydrogen) atoms. The standard InChI is InChI=1S/C8H13B3O6/c1-16-11(17-2)8-4-6(9(12)13)3-7(5-8)10(14)15/h3-5,12-15H,1-2H3. The summed E-state index contributed by atoms with van der Waals surface area (Å²) in [7, 11) is -1.29. The quantitative estimate of drug-likeness (QED) is 0.390. The van der Waals surface area contributed by atoms with E-state index in [0.717, 1.165) is 0 Å². The van der Waals surface area contributed by atoms with Crippen LogP contribution in [0.15, 0.2) is 18.2 Å². The van der Waals surface area contributed by atoms with E-state index in [0.29, 0.717) is 5.46 Å². The molecule has 0 amide bonds. The van der Waals surface area contributed by atoms with Crippen molar-refractivity contribution in [3.8, 4) is 0 Å². The molecule has 0 aliphatic carbocycles. The van der Waals surface area contributed by atoms with Crippen LogP contribution in [0.1, 0.15) is 0 Å². The Labute approximate surface area is 100 Å². The lowest BCUT2D eigenvalue weighted by atomic mass is 9.66. The Hall–Kier alpha value is -0.825. The third-order valence-corrected chi connectivity index (χ3v) is 2.30. The van der Waals surface area contributed by atoms with Crippen LogP contribution in [0.25, 0.3) is 0 Å². The average molecular weight is 238 g/mol. The van der Waals surface area contributed by atoms with E-state index in [1.54, 1.807) is 0 Å². The molecule has 0 radical (unpaired) electrons. The summed E-state index contributed by atoms with van der Waals surface area (Å²) in [5, 5.41) is 36.4. The minimum Gasteiger partial charge on any atom is -0.423 e. The van der Waals surface area contributed by atoms with Crippen LogP contribution >= 0.6 is 0 Å². The van der Waals surface area contributed by atoms with Crippen LogP contribution < -0.4 is 16.4 Å². The Balaban J connectivity index is 3.20. The van der Waals surface area contributed by atoms with Gasteiger partial charge in [0.1, 0.15) is 0 Å². The van der Waals surface area contributed by atoms with Gasteiger partial charge in [0.15, 0.2) is 0 Å². The monoisotopic (exact) mass is 238 g/mol. The second kappa shape index (κ2) is 6.20. The number of benzene rings is 1. The van der Waals surface area contributed by atoms with Gasteiger partial charge >= 0.3 is 21.4 Å². The van der Waals surface area contributed by atoms with Crippen molar-refractivity contribution in [1.82, 2.24) is 0 Å². The van der Waals surface area contributed by atoms with Crippen molar-refractivity contribution in [2.24, 2.45) is 0 Å². The zero-order valence-electron chi connectivity index (χ0n) is 9.57. The molecule has 9 heteroatoms. The number of hydrogen-bond donors (Lipinski definition) is 4. The van der Waals surface area contributed by atoms with Gasteiger partial charge in [-0.1, -0.05) is 18.2 Å². The summed E-state index contributed by atoms with van der Waals surface area (Å²) in [4.78, 5) is 0. The summed E-state index contributed by atoms with van der Waals surface area (Å²) in [5.74, 6) is 0. The molecule has 0 unspecified atom stereocenters. The fourth-order valence-corrected chi connectivity index (χ4v) is 1.50. The molecule has 6 nitrogen and oxygen atoms in total. The molecule has 1 aromatic carbocycles. The summed E-state index contributed by atoms with van der Waals surface area (Å²) in [6, 6.07) is 4.18. The smallest absolute Gasteiger partial charge is 0.423 e. The summed E-state index contributed by atoms with van der Waals surface area (Å²) in [5.41, 5.74) is 0.720. The lowest BCUT2D eigenvalue weighted by molar-refractivity contribution is 0.292. The number of hydrogen-bond acceptors (Lipinski definition) is 6. The molecule has 0 atom stereocenters. The molecule has 0 saturated heterocycles. The first-order valence-electron chi connectivity index (χ1n) is 4.92. The molecule has 1 rings (SSSR count). The summed E-state index contributed by atoms with van der Waals surface area (Å²) in [6.07, 6.45) is 0. The minimum atomic E-state index is -1.71. The van der Waals surface area contributed by atoms with Crippen molar-refractivity contribution in [3.63, 3.8) is 0 Å². The molecule has 1 aromatic rings. The Kier molecular flexibility index (Phi) is 5.19. The van der Waals surface area contributed by atoms with Crippen molar-refractivity contribution in [1.29, 1.82) is 0 Å². The molecule has 0 aromatic heterocycles. The fourth-order valence-electron chi connectivity index (χ4n) is 1.50. The van der Waals surface area contributed by atoms with Crippen LogP contribution in [0.4, 0.5) is 0 Å². The fraction of sp³-hybridized carbons (Fsp3) is 0.250. The van der Waals surface area contributed by atoms with Crippen LogP contribution in [0.2, 0.25) is 0 Å². The Bertz CT molecular complexity index is 342. The predicted molar refractivity (Wildman–Crippen MR) is 65.5 cm³/mol. The van der Waals surface area contributed by atoms with E-state index in [-0.39, 0.29) is 10.9 Å². The maximum Gasteiger partial charge on any atom is 0.493 e. The predicted octanol–water partition coefficient (Wildman–Crippen LogP) is -3.97. The van der Waals surface area contributed by atoms with Gasteiger partial charge in [0.05, 0.1) is 0 Å². The van der Waals surface area contributed by atoms with E-state index in [1.165, 1.54) is 32.4 Å². The van der Waals surface area contributed by atoms with Gasteiger partial charge < -0.3 is 29.4 Å². The molecule has 0 aliphatic heterocycles. The first-order chi connectivity index (χ1) is 7.99. The van der Waals surface area contributed by atoms with Crippen LogP contribution in [-0.4, -0.2) is 55.7 Å². The van der Waals surface area contributed by atoms with Gasteiger partial charge in [-0.3, -0.25) is 0 Å². The van der Waals surface area contributed by atoms with Crippen LogP contribution in [0, 0.1) is 0 Å². The Morgan fingerprint density at radius 3 is 1.41 bits per heavy atom. The largest absolute Gasteiger partial charge is 0.493 e. The van der Waals surface area contributed by atoms with E-state index >= 15 is 0 Å². The highest BCUT2D eigenvalue weighted by molar-refractivity contribution is 6.67. The molecule has 0 aliphatic rings. The average Bonchev–Trinajstić information content (AvgIpc) is 2.30. The summed E-state index contributed by atoms with van der Waals surface area (Å²) < 4.78 is 10.0. The molecule has 0 fully saturated rings. The van der Waals surface area contributed by atoms with Gasteiger partial charge in [0.2, 0.25) is 0 Å². The molecule has 90 valence electrons. The molecule has 0 spiro atoms. The van der Waals surface area contributed by atoms with Gasteiger partial charge in [0.25, 0.3) is 0 Å². The highest BCUT2D eigenvalue weighted by Gasteiger charge is 2.24. The van der Waals surface area contributed by atoms with Crippen molar-refractivity contribution in [2.45, 2.75) is 0 Å². The van der Waals surface area contributed by atoms with Gasteiger partial charge in [-0.25, -0.2) is 0 Å². The highest BCUT2D eigenvalue weighted by Crippen LogP contribution is 1.90. The molecule has 0 bridgehead atoms. The van der Waals surface area contributed by atoms with Gasteiger partial charge in [-0.05, 0) is 16.4 Å². The third kappa shape index (κ3) is 3.57. The van der Waals surface area contributed by atoms with E-state index in [2.05, 4.69) is 0 Å². The zero-order valence-corrected chi connectivity index (χ0v) is 9.57. The normalized spacial score (nSPS) is 10.2. The van der Waals surface area contributed by atoms with Crippen LogP contribution in [0.3, 0.4) is 0 Å². The van der Waals surface area contributed by atoms with Gasteiger partial charge in [-0.2, -0.15) is 0 Å². The van der Waals surface area contributed by atoms with E-state index < -0.39 is 21.4 Å². The third-order valence-electron chi connectivity index (χ3n) is 2.30. The topological polar surface area (TPSA) is 99.4 Å². The Morgan fingerprint density at radius 2 is 1.12 bits per heavy atom. The minimum absolute atomic E-state index is 0.129. The second-order valence-electron chi connectivity index (χ2n) is 3.48. The SMILES string of the molecule is COB(OC)c1cc(B(O)O)cc(B(O)O)c1. The van der Waals surface area contributed by atoms with Crippen LogP contribution in [-0.2, 0) is 9.31 Å². The molecule has 0 heterocycles. The van der Waals surface area contributed by atoms with Crippen molar-refractivity contribution in [2.75, 3.05) is 14.2 Å². The van der Waals surface area contributed by atoms with Crippen molar-refractivity contribution >= 4 is 37.7 Å². The maximum atomic E-state index is 9.09. The first-order valence-corrected chi connectivity index (χ1v) is 4.92. The first kappa shape index (κ1) is 14.2. The lowest BCUT2D eigenvalue weighted by Crippen LogP contribution is -2.46. The second-order valence-corrected chi connectivity index (χ2v) is 3.48. The molecular weight excluding hydrogens is 225 g/mol. The maximum absolute atomic E-state index is 9.09. The van der Waals surface area contributed by atoms with Crippen molar-refractivity contribution < 1.29 is 29.4 Å². The van der Waals surface area contributed by atoms with Gasteiger partial charge in [-0.15, -0.1) is 0 Å². The van der Waals surface area contributed by atoms with E-state index in [9.17, 15) is 0 Å². The number of rotatable bonds is 5. The van der Waals surface area contributed by atoms with E-state index in [4.69, 9.17) is 29.4 Å². The summed E-state index contributed by atoms with van der Waals surface area (Å²) >= 11 is 0. The molecular formula is C8H13B3O6. The van der Waals surface area contributed by atoms with Crippen LogP contribution in [0.5, 0.6) is 0 Å². The highest BCUT2D eigenvalue weighted by atomic mass is 16.6. The van der Waals surface area contributed by atoms with E-state index in [1.807, 2.05) is 0 Å². The Morgan fingerprint density at radius 1 is 0.765 bits per heavy atom. The van der Waals surface area contributed by atoms with Crippen molar-refractivity contribution in [3.05, 3.63) is 18.2 Å². The zero-order chi connectivity index (χ0) is 13.0. The molecule has 0 saturated carbocycles. The van der Waals surface area contributed by atoms with Gasteiger partial charge in [0, 0.05) is 14.2 Å². The lowest BCUT2D eigenvalue weighted by Gasteiger charge is -2.12.